The molecule has 2 aromatic rings. The van der Waals surface area contributed by atoms with Gasteiger partial charge in [0, 0.05) is 10.6 Å². The molecule has 1 fully saturated rings. The minimum Gasteiger partial charge on any atom is -0.324 e. The molecule has 140 valence electrons. The first-order chi connectivity index (χ1) is 13.0. The Kier molecular flexibility index (Phi) is 5.51. The molecule has 27 heavy (non-hydrogen) atoms. The molecule has 2 N–H and O–H groups in total. The van der Waals surface area contributed by atoms with Crippen molar-refractivity contribution in [3.63, 3.8) is 0 Å². The van der Waals surface area contributed by atoms with Crippen molar-refractivity contribution in [3.8, 4) is 0 Å². The smallest absolute Gasteiger partial charge is 0.324 e. The number of thioether (sulfide) groups is 1. The number of hydrogen-bond acceptors (Lipinski definition) is 4. The number of carbonyl (C=O) groups excluding carboxylic acids is 3. The maximum absolute atomic E-state index is 13.0. The van der Waals surface area contributed by atoms with Crippen LogP contribution in [0.5, 0.6) is 0 Å². The van der Waals surface area contributed by atoms with Gasteiger partial charge in [0.25, 0.3) is 5.91 Å². The molecule has 1 heterocycles. The summed E-state index contributed by atoms with van der Waals surface area (Å²) in [5.41, 5.74) is 0.211. The Labute approximate surface area is 162 Å². The summed E-state index contributed by atoms with van der Waals surface area (Å²) in [4.78, 5) is 39.8. The molecule has 1 saturated heterocycles. The quantitative estimate of drug-likeness (QED) is 0.593. The van der Waals surface area contributed by atoms with E-state index in [9.17, 15) is 14.4 Å². The van der Waals surface area contributed by atoms with Crippen LogP contribution in [0.25, 0.3) is 0 Å². The van der Waals surface area contributed by atoms with E-state index in [2.05, 4.69) is 10.6 Å². The summed E-state index contributed by atoms with van der Waals surface area (Å²) in [6.45, 7) is 1.51. The van der Waals surface area contributed by atoms with Crippen LogP contribution in [-0.4, -0.2) is 35.5 Å². The van der Waals surface area contributed by atoms with Gasteiger partial charge in [-0.2, -0.15) is 0 Å². The predicted octanol–water partition coefficient (Wildman–Crippen LogP) is 3.20. The van der Waals surface area contributed by atoms with Gasteiger partial charge in [0.15, 0.2) is 0 Å². The summed E-state index contributed by atoms with van der Waals surface area (Å²) < 4.78 is 0. The van der Waals surface area contributed by atoms with Crippen LogP contribution < -0.4 is 10.6 Å². The van der Waals surface area contributed by atoms with E-state index >= 15 is 0 Å². The van der Waals surface area contributed by atoms with Crippen molar-refractivity contribution < 1.29 is 14.4 Å². The maximum atomic E-state index is 13.0. The van der Waals surface area contributed by atoms with Crippen LogP contribution in [0.1, 0.15) is 18.9 Å². The highest BCUT2D eigenvalue weighted by Gasteiger charge is 2.51. The van der Waals surface area contributed by atoms with Crippen LogP contribution in [-0.2, 0) is 15.1 Å². The monoisotopic (exact) mass is 383 g/mol. The number of nitrogens with zero attached hydrogens (tertiary/aromatic N) is 1. The van der Waals surface area contributed by atoms with Crippen molar-refractivity contribution >= 4 is 35.3 Å². The lowest BCUT2D eigenvalue weighted by Crippen LogP contribution is -2.44. The number of hydrogen-bond donors (Lipinski definition) is 2. The van der Waals surface area contributed by atoms with Crippen LogP contribution in [0.3, 0.4) is 0 Å². The second-order valence-corrected chi connectivity index (χ2v) is 7.11. The van der Waals surface area contributed by atoms with E-state index in [1.807, 2.05) is 49.6 Å². The highest BCUT2D eigenvalue weighted by molar-refractivity contribution is 7.98. The van der Waals surface area contributed by atoms with Gasteiger partial charge in [-0.3, -0.25) is 14.5 Å². The summed E-state index contributed by atoms with van der Waals surface area (Å²) in [5.74, 6) is -0.828. The maximum Gasteiger partial charge on any atom is 0.325 e. The highest BCUT2D eigenvalue weighted by atomic mass is 32.2. The standard InChI is InChI=1S/C20H21N3O3S/c1-3-20(14-8-5-4-6-9-14)18(25)23(19(26)22-20)13-17(24)21-15-10-7-11-16(12-15)27-2/h4-12H,3,13H2,1-2H3,(H,21,24)(H,22,26). The van der Waals surface area contributed by atoms with Crippen molar-refractivity contribution in [1.82, 2.24) is 10.2 Å². The molecule has 1 atom stereocenters. The zero-order chi connectivity index (χ0) is 19.4. The molecule has 1 aliphatic rings. The second-order valence-electron chi connectivity index (χ2n) is 6.23. The molecular weight excluding hydrogens is 362 g/mol. The van der Waals surface area contributed by atoms with Gasteiger partial charge in [-0.1, -0.05) is 43.3 Å². The topological polar surface area (TPSA) is 78.5 Å². The van der Waals surface area contributed by atoms with Crippen molar-refractivity contribution in [2.45, 2.75) is 23.8 Å². The molecule has 0 saturated carbocycles. The zero-order valence-corrected chi connectivity index (χ0v) is 16.0. The number of urea groups is 1. The molecule has 4 amide bonds. The molecule has 3 rings (SSSR count). The van der Waals surface area contributed by atoms with E-state index in [-0.39, 0.29) is 6.54 Å². The molecule has 1 aliphatic heterocycles. The van der Waals surface area contributed by atoms with Gasteiger partial charge < -0.3 is 10.6 Å². The Hall–Kier alpha value is -2.80. The zero-order valence-electron chi connectivity index (χ0n) is 15.2. The van der Waals surface area contributed by atoms with Gasteiger partial charge >= 0.3 is 6.03 Å². The van der Waals surface area contributed by atoms with Gasteiger partial charge in [-0.05, 0) is 36.4 Å². The van der Waals surface area contributed by atoms with Crippen LogP contribution in [0.15, 0.2) is 59.5 Å². The summed E-state index contributed by atoms with van der Waals surface area (Å²) in [6.07, 6.45) is 2.34. The molecule has 0 bridgehead atoms. The predicted molar refractivity (Wildman–Crippen MR) is 106 cm³/mol. The number of anilines is 1. The van der Waals surface area contributed by atoms with E-state index < -0.39 is 23.4 Å². The Bertz CT molecular complexity index is 872. The average molecular weight is 383 g/mol. The van der Waals surface area contributed by atoms with Crippen LogP contribution in [0, 0.1) is 0 Å². The third-order valence-corrected chi connectivity index (χ3v) is 5.35. The number of imide groups is 1. The van der Waals surface area contributed by atoms with Crippen LogP contribution in [0.2, 0.25) is 0 Å². The first kappa shape index (κ1) is 19.0. The van der Waals surface area contributed by atoms with Crippen molar-refractivity contribution in [2.24, 2.45) is 0 Å². The average Bonchev–Trinajstić information content (AvgIpc) is 2.94. The summed E-state index contributed by atoms with van der Waals surface area (Å²) >= 11 is 1.56. The molecule has 0 radical (unpaired) electrons. The van der Waals surface area contributed by atoms with Gasteiger partial charge in [0.05, 0.1) is 0 Å². The largest absolute Gasteiger partial charge is 0.325 e. The third kappa shape index (κ3) is 3.68. The lowest BCUT2D eigenvalue weighted by molar-refractivity contribution is -0.134. The molecule has 0 aliphatic carbocycles. The van der Waals surface area contributed by atoms with E-state index in [0.717, 1.165) is 9.80 Å². The molecule has 6 nitrogen and oxygen atoms in total. The summed E-state index contributed by atoms with van der Waals surface area (Å²) in [7, 11) is 0. The van der Waals surface area contributed by atoms with Gasteiger partial charge in [0.2, 0.25) is 5.91 Å². The fourth-order valence-corrected chi connectivity index (χ4v) is 3.64. The molecular formula is C20H21N3O3S. The number of rotatable bonds is 6. The Morgan fingerprint density at radius 2 is 1.89 bits per heavy atom. The summed E-state index contributed by atoms with van der Waals surface area (Å²) in [6, 6.07) is 15.9. The lowest BCUT2D eigenvalue weighted by atomic mass is 9.87. The normalized spacial score (nSPS) is 19.1. The molecule has 2 aromatic carbocycles. The number of nitrogens with one attached hydrogen (secondary N) is 2. The first-order valence-corrected chi connectivity index (χ1v) is 9.86. The van der Waals surface area contributed by atoms with Gasteiger partial charge in [-0.15, -0.1) is 11.8 Å². The molecule has 0 spiro atoms. The number of benzene rings is 2. The van der Waals surface area contributed by atoms with Gasteiger partial charge in [0.1, 0.15) is 12.1 Å². The Balaban J connectivity index is 1.76. The highest BCUT2D eigenvalue weighted by Crippen LogP contribution is 2.32. The summed E-state index contributed by atoms with van der Waals surface area (Å²) in [5, 5.41) is 5.52. The Morgan fingerprint density at radius 1 is 1.15 bits per heavy atom. The third-order valence-electron chi connectivity index (χ3n) is 4.63. The molecule has 0 aromatic heterocycles. The number of amides is 4. The van der Waals surface area contributed by atoms with Crippen molar-refractivity contribution in [2.75, 3.05) is 18.1 Å². The van der Waals surface area contributed by atoms with E-state index in [0.29, 0.717) is 17.7 Å². The Morgan fingerprint density at radius 3 is 2.56 bits per heavy atom. The van der Waals surface area contributed by atoms with Crippen molar-refractivity contribution in [1.29, 1.82) is 0 Å². The lowest BCUT2D eigenvalue weighted by Gasteiger charge is -2.25. The fourth-order valence-electron chi connectivity index (χ4n) is 3.18. The van der Waals surface area contributed by atoms with Gasteiger partial charge in [-0.25, -0.2) is 4.79 Å². The van der Waals surface area contributed by atoms with E-state index in [4.69, 9.17) is 0 Å². The number of carbonyl (C=O) groups is 3. The minimum atomic E-state index is -1.13. The fraction of sp³-hybridized carbons (Fsp3) is 0.250. The van der Waals surface area contributed by atoms with Crippen LogP contribution in [0.4, 0.5) is 10.5 Å². The second kappa shape index (κ2) is 7.84. The minimum absolute atomic E-state index is 0.331. The molecule has 7 heteroatoms. The van der Waals surface area contributed by atoms with Crippen LogP contribution >= 0.6 is 11.8 Å². The van der Waals surface area contributed by atoms with E-state index in [1.165, 1.54) is 0 Å². The van der Waals surface area contributed by atoms with Crippen molar-refractivity contribution in [3.05, 3.63) is 60.2 Å². The van der Waals surface area contributed by atoms with E-state index in [1.54, 1.807) is 30.0 Å². The first-order valence-electron chi connectivity index (χ1n) is 8.63. The molecule has 1 unspecified atom stereocenters. The SMILES string of the molecule is CCC1(c2ccccc2)NC(=O)N(CC(=O)Nc2cccc(SC)c2)C1=O.